The molecule has 2 heteroatoms. The number of hydrogen-bond acceptors (Lipinski definition) is 1. The SMILES string of the molecule is c1ccc(-c2cccc(-c3cc(-c4cccc(-c5ccccc5)c4)cc(-c4cccc5oc6ccc(-n7c8ccc(-c9ccccc9)cc8c8cc(-c9ccccc9)ccc87)cc6c45)c3)c2)cc1. The van der Waals surface area contributed by atoms with Crippen molar-refractivity contribution in [2.24, 2.45) is 0 Å². The molecule has 0 radical (unpaired) electrons. The van der Waals surface area contributed by atoms with E-state index in [1.54, 1.807) is 0 Å². The molecular weight excluding hydrogens is 823 g/mol. The van der Waals surface area contributed by atoms with Crippen molar-refractivity contribution in [3.05, 3.63) is 261 Å². The van der Waals surface area contributed by atoms with Crippen molar-refractivity contribution in [1.29, 1.82) is 0 Å². The first kappa shape index (κ1) is 39.4. The summed E-state index contributed by atoms with van der Waals surface area (Å²) in [6, 6.07) is 94.5. The second-order valence-corrected chi connectivity index (χ2v) is 17.7. The highest BCUT2D eigenvalue weighted by Crippen LogP contribution is 2.43. The summed E-state index contributed by atoms with van der Waals surface area (Å²) in [7, 11) is 0. The maximum atomic E-state index is 6.74. The Morgan fingerprint density at radius 1 is 0.235 bits per heavy atom. The van der Waals surface area contributed by atoms with Crippen LogP contribution >= 0.6 is 0 Å². The predicted molar refractivity (Wildman–Crippen MR) is 286 cm³/mol. The van der Waals surface area contributed by atoms with E-state index in [1.165, 1.54) is 55.3 Å². The first-order valence-corrected chi connectivity index (χ1v) is 23.3. The van der Waals surface area contributed by atoms with Gasteiger partial charge in [-0.1, -0.05) is 182 Å². The second-order valence-electron chi connectivity index (χ2n) is 17.7. The number of fused-ring (bicyclic) bond motifs is 6. The van der Waals surface area contributed by atoms with Gasteiger partial charge in [-0.3, -0.25) is 0 Å². The molecule has 68 heavy (non-hydrogen) atoms. The van der Waals surface area contributed by atoms with Gasteiger partial charge >= 0.3 is 0 Å². The first-order valence-electron chi connectivity index (χ1n) is 23.3. The topological polar surface area (TPSA) is 18.1 Å². The molecule has 0 atom stereocenters. The normalized spacial score (nSPS) is 11.5. The quantitative estimate of drug-likeness (QED) is 0.149. The average molecular weight is 866 g/mol. The molecule has 13 aromatic rings. The van der Waals surface area contributed by atoms with Crippen LogP contribution in [0.15, 0.2) is 265 Å². The fraction of sp³-hybridized carbons (Fsp3) is 0. The van der Waals surface area contributed by atoms with Crippen molar-refractivity contribution in [2.45, 2.75) is 0 Å². The van der Waals surface area contributed by atoms with E-state index in [-0.39, 0.29) is 0 Å². The van der Waals surface area contributed by atoms with Gasteiger partial charge in [0.1, 0.15) is 11.2 Å². The van der Waals surface area contributed by atoms with Crippen LogP contribution in [-0.4, -0.2) is 4.57 Å². The molecule has 2 nitrogen and oxygen atoms in total. The van der Waals surface area contributed by atoms with Gasteiger partial charge in [0.05, 0.1) is 11.0 Å². The molecule has 0 bridgehead atoms. The van der Waals surface area contributed by atoms with E-state index in [0.29, 0.717) is 0 Å². The van der Waals surface area contributed by atoms with Crippen LogP contribution in [0.25, 0.3) is 127 Å². The molecule has 0 saturated carbocycles. The maximum Gasteiger partial charge on any atom is 0.136 e. The zero-order valence-corrected chi connectivity index (χ0v) is 37.2. The lowest BCUT2D eigenvalue weighted by Gasteiger charge is -2.14. The average Bonchev–Trinajstić information content (AvgIpc) is 3.96. The minimum atomic E-state index is 0.859. The molecule has 2 aromatic heterocycles. The van der Waals surface area contributed by atoms with Gasteiger partial charge in [0.2, 0.25) is 0 Å². The van der Waals surface area contributed by atoms with Gasteiger partial charge in [-0.05, 0) is 157 Å². The highest BCUT2D eigenvalue weighted by atomic mass is 16.3. The van der Waals surface area contributed by atoms with Crippen molar-refractivity contribution in [3.8, 4) is 83.6 Å². The third-order valence-corrected chi connectivity index (χ3v) is 13.6. The van der Waals surface area contributed by atoms with Crippen molar-refractivity contribution < 1.29 is 4.42 Å². The van der Waals surface area contributed by atoms with Gasteiger partial charge in [0, 0.05) is 27.2 Å². The second kappa shape index (κ2) is 16.5. The standard InChI is InChI=1S/C66H43NO/c1-5-16-44(17-6-1)48-24-13-26-50(36-48)54-38-55(51-27-14-25-49(37-51)45-18-7-2-8-19-45)40-56(39-54)58-28-15-29-65-66(58)61-43-57(32-35-64(61)68-65)67-62-33-30-52(46-20-9-3-10-21-46)41-59(62)60-42-53(31-34-63(60)67)47-22-11-4-12-23-47/h1-43H. The minimum Gasteiger partial charge on any atom is -0.456 e. The Hall–Kier alpha value is -8.98. The largest absolute Gasteiger partial charge is 0.456 e. The summed E-state index contributed by atoms with van der Waals surface area (Å²) >= 11 is 0. The highest BCUT2D eigenvalue weighted by Gasteiger charge is 2.19. The van der Waals surface area contributed by atoms with Crippen LogP contribution in [0.2, 0.25) is 0 Å². The summed E-state index contributed by atoms with van der Waals surface area (Å²) in [6.45, 7) is 0. The summed E-state index contributed by atoms with van der Waals surface area (Å²) in [5.74, 6) is 0. The van der Waals surface area contributed by atoms with Crippen LogP contribution in [-0.2, 0) is 0 Å². The zero-order valence-electron chi connectivity index (χ0n) is 37.2. The summed E-state index contributed by atoms with van der Waals surface area (Å²) in [5, 5.41) is 4.61. The third kappa shape index (κ3) is 6.99. The molecule has 318 valence electrons. The van der Waals surface area contributed by atoms with Crippen molar-refractivity contribution in [2.75, 3.05) is 0 Å². The van der Waals surface area contributed by atoms with Crippen molar-refractivity contribution in [3.63, 3.8) is 0 Å². The number of aromatic nitrogens is 1. The van der Waals surface area contributed by atoms with E-state index >= 15 is 0 Å². The van der Waals surface area contributed by atoms with E-state index in [1.807, 2.05) is 0 Å². The molecule has 0 aliphatic rings. The summed E-state index contributed by atoms with van der Waals surface area (Å²) in [5.41, 5.74) is 21.6. The Balaban J connectivity index is 1.01. The van der Waals surface area contributed by atoms with Gasteiger partial charge in [-0.2, -0.15) is 0 Å². The van der Waals surface area contributed by atoms with Crippen LogP contribution < -0.4 is 0 Å². The number of nitrogens with zero attached hydrogens (tertiary/aromatic N) is 1. The van der Waals surface area contributed by atoms with E-state index in [0.717, 1.165) is 72.0 Å². The lowest BCUT2D eigenvalue weighted by atomic mass is 9.90. The summed E-state index contributed by atoms with van der Waals surface area (Å²) in [6.07, 6.45) is 0. The maximum absolute atomic E-state index is 6.74. The minimum absolute atomic E-state index is 0.859. The van der Waals surface area contributed by atoms with E-state index < -0.39 is 0 Å². The van der Waals surface area contributed by atoms with E-state index in [4.69, 9.17) is 4.42 Å². The molecule has 0 fully saturated rings. The Bertz CT molecular complexity index is 3800. The van der Waals surface area contributed by atoms with E-state index in [2.05, 4.69) is 265 Å². The Morgan fingerprint density at radius 3 is 1.12 bits per heavy atom. The predicted octanol–water partition coefficient (Wildman–Crippen LogP) is 18.4. The Labute approximate surface area is 395 Å². The van der Waals surface area contributed by atoms with Gasteiger partial charge in [-0.15, -0.1) is 0 Å². The number of hydrogen-bond donors (Lipinski definition) is 0. The number of furan rings is 1. The van der Waals surface area contributed by atoms with Crippen molar-refractivity contribution in [1.82, 2.24) is 4.57 Å². The number of rotatable bonds is 8. The molecule has 0 unspecified atom stereocenters. The molecule has 0 aliphatic carbocycles. The van der Waals surface area contributed by atoms with Crippen molar-refractivity contribution >= 4 is 43.7 Å². The van der Waals surface area contributed by atoms with Crippen LogP contribution in [0.3, 0.4) is 0 Å². The smallest absolute Gasteiger partial charge is 0.136 e. The number of benzene rings is 11. The summed E-state index contributed by atoms with van der Waals surface area (Å²) in [4.78, 5) is 0. The molecule has 13 rings (SSSR count). The molecular formula is C66H43NO. The van der Waals surface area contributed by atoms with Crippen LogP contribution in [0.1, 0.15) is 0 Å². The van der Waals surface area contributed by atoms with Crippen LogP contribution in [0.4, 0.5) is 0 Å². The fourth-order valence-corrected chi connectivity index (χ4v) is 10.3. The van der Waals surface area contributed by atoms with Gasteiger partial charge < -0.3 is 8.98 Å². The van der Waals surface area contributed by atoms with Gasteiger partial charge in [-0.25, -0.2) is 0 Å². The molecule has 0 aliphatic heterocycles. The molecule has 0 spiro atoms. The van der Waals surface area contributed by atoms with Crippen LogP contribution in [0, 0.1) is 0 Å². The first-order chi connectivity index (χ1) is 33.7. The van der Waals surface area contributed by atoms with Crippen LogP contribution in [0.5, 0.6) is 0 Å². The molecule has 0 saturated heterocycles. The monoisotopic (exact) mass is 865 g/mol. The van der Waals surface area contributed by atoms with Gasteiger partial charge in [0.25, 0.3) is 0 Å². The lowest BCUT2D eigenvalue weighted by molar-refractivity contribution is 0.669. The molecule has 0 N–H and O–H groups in total. The molecule has 0 amide bonds. The van der Waals surface area contributed by atoms with Gasteiger partial charge in [0.15, 0.2) is 0 Å². The Morgan fingerprint density at radius 2 is 0.632 bits per heavy atom. The lowest BCUT2D eigenvalue weighted by Crippen LogP contribution is -1.94. The molecule has 11 aromatic carbocycles. The zero-order chi connectivity index (χ0) is 45.0. The highest BCUT2D eigenvalue weighted by molar-refractivity contribution is 6.15. The molecule has 2 heterocycles. The van der Waals surface area contributed by atoms with E-state index in [9.17, 15) is 0 Å². The summed E-state index contributed by atoms with van der Waals surface area (Å²) < 4.78 is 9.17. The fourth-order valence-electron chi connectivity index (χ4n) is 10.3. The third-order valence-electron chi connectivity index (χ3n) is 13.6. The Kier molecular flexibility index (Phi) is 9.54.